The van der Waals surface area contributed by atoms with Gasteiger partial charge in [0.15, 0.2) is 11.5 Å². The van der Waals surface area contributed by atoms with E-state index in [2.05, 4.69) is 19.7 Å². The molecule has 0 unspecified atom stereocenters. The van der Waals surface area contributed by atoms with Crippen LogP contribution in [-0.2, 0) is 0 Å². The van der Waals surface area contributed by atoms with Crippen molar-refractivity contribution >= 4 is 11.0 Å². The average molecular weight is 274 g/mol. The highest BCUT2D eigenvalue weighted by Crippen LogP contribution is 2.39. The Balaban J connectivity index is 2.22. The summed E-state index contributed by atoms with van der Waals surface area (Å²) in [5, 5.41) is 27.4. The fourth-order valence-electron chi connectivity index (χ4n) is 1.97. The van der Waals surface area contributed by atoms with Crippen LogP contribution in [0.15, 0.2) is 36.4 Å². The van der Waals surface area contributed by atoms with Crippen molar-refractivity contribution in [2.24, 2.45) is 0 Å². The summed E-state index contributed by atoms with van der Waals surface area (Å²) in [6.07, 6.45) is 0. The summed E-state index contributed by atoms with van der Waals surface area (Å²) >= 11 is 0. The van der Waals surface area contributed by atoms with Gasteiger partial charge >= 0.3 is 0 Å². The molecule has 0 atom stereocenters. The van der Waals surface area contributed by atoms with Crippen LogP contribution in [0.2, 0.25) is 0 Å². The fraction of sp³-hybridized carbons (Fsp3) is 0. The standard InChI is InChI=1S/C13H10N2O5/c16-12-8(5-7(19-17)6-11(12)20-18)13-14-9-3-1-2-4-10(9)15-13/h1-6,16-18H,(H,14,15). The monoisotopic (exact) mass is 274 g/mol. The van der Waals surface area contributed by atoms with E-state index in [1.807, 2.05) is 24.3 Å². The van der Waals surface area contributed by atoms with E-state index in [-0.39, 0.29) is 22.8 Å². The molecule has 4 N–H and O–H groups in total. The first-order valence-corrected chi connectivity index (χ1v) is 5.68. The third-order valence-corrected chi connectivity index (χ3v) is 2.90. The van der Waals surface area contributed by atoms with Crippen LogP contribution < -0.4 is 9.78 Å². The lowest BCUT2D eigenvalue weighted by atomic mass is 10.1. The van der Waals surface area contributed by atoms with Gasteiger partial charge in [0.2, 0.25) is 5.75 Å². The first-order chi connectivity index (χ1) is 9.72. The van der Waals surface area contributed by atoms with E-state index in [1.54, 1.807) is 0 Å². The van der Waals surface area contributed by atoms with Gasteiger partial charge < -0.3 is 19.9 Å². The number of para-hydroxylation sites is 2. The lowest BCUT2D eigenvalue weighted by Gasteiger charge is -2.07. The molecule has 0 radical (unpaired) electrons. The van der Waals surface area contributed by atoms with Gasteiger partial charge in [0.05, 0.1) is 16.6 Å². The SMILES string of the molecule is OOc1cc(OO)c(O)c(-c2nc3ccccc3[nH]2)c1. The predicted octanol–water partition coefficient (Wildman–Crippen LogP) is 2.64. The van der Waals surface area contributed by atoms with Crippen molar-refractivity contribution in [3.8, 4) is 28.6 Å². The van der Waals surface area contributed by atoms with Crippen LogP contribution in [0.25, 0.3) is 22.4 Å². The molecular weight excluding hydrogens is 264 g/mol. The summed E-state index contributed by atoms with van der Waals surface area (Å²) < 4.78 is 0. The maximum absolute atomic E-state index is 10.0. The summed E-state index contributed by atoms with van der Waals surface area (Å²) in [6.45, 7) is 0. The Morgan fingerprint density at radius 3 is 2.55 bits per heavy atom. The molecule has 102 valence electrons. The molecule has 1 aromatic heterocycles. The molecule has 0 aliphatic carbocycles. The van der Waals surface area contributed by atoms with Gasteiger partial charge in [-0.25, -0.2) is 15.5 Å². The van der Waals surface area contributed by atoms with Gasteiger partial charge in [0, 0.05) is 6.07 Å². The Labute approximate surface area is 112 Å². The number of aromatic amines is 1. The molecule has 3 rings (SSSR count). The van der Waals surface area contributed by atoms with Gasteiger partial charge in [-0.3, -0.25) is 0 Å². The summed E-state index contributed by atoms with van der Waals surface area (Å²) in [7, 11) is 0. The average Bonchev–Trinajstić information content (AvgIpc) is 2.91. The number of hydrogen-bond acceptors (Lipinski definition) is 6. The van der Waals surface area contributed by atoms with Gasteiger partial charge in [0.25, 0.3) is 0 Å². The molecule has 7 nitrogen and oxygen atoms in total. The molecular formula is C13H10N2O5. The van der Waals surface area contributed by atoms with Gasteiger partial charge in [0.1, 0.15) is 5.82 Å². The molecule has 0 saturated heterocycles. The molecule has 0 bridgehead atoms. The van der Waals surface area contributed by atoms with E-state index in [0.29, 0.717) is 11.3 Å². The molecule has 0 fully saturated rings. The van der Waals surface area contributed by atoms with Crippen LogP contribution in [0.3, 0.4) is 0 Å². The second kappa shape index (κ2) is 4.72. The molecule has 0 spiro atoms. The Morgan fingerprint density at radius 1 is 1.05 bits per heavy atom. The minimum Gasteiger partial charge on any atom is -0.504 e. The molecule has 0 amide bonds. The van der Waals surface area contributed by atoms with Gasteiger partial charge in [-0.1, -0.05) is 12.1 Å². The van der Waals surface area contributed by atoms with E-state index in [1.165, 1.54) is 6.07 Å². The number of fused-ring (bicyclic) bond motifs is 1. The Bertz CT molecular complexity index is 736. The first kappa shape index (κ1) is 12.3. The molecule has 2 aromatic carbocycles. The second-order valence-corrected chi connectivity index (χ2v) is 4.10. The number of nitrogens with one attached hydrogen (secondary N) is 1. The van der Waals surface area contributed by atoms with Crippen LogP contribution >= 0.6 is 0 Å². The first-order valence-electron chi connectivity index (χ1n) is 5.68. The highest BCUT2D eigenvalue weighted by Gasteiger charge is 2.17. The molecule has 0 aliphatic rings. The smallest absolute Gasteiger partial charge is 0.211 e. The fourth-order valence-corrected chi connectivity index (χ4v) is 1.97. The normalized spacial score (nSPS) is 10.7. The molecule has 7 heteroatoms. The Kier molecular flexibility index (Phi) is 2.90. The number of phenolic OH excluding ortho intramolecular Hbond substituents is 1. The number of H-pyrrole nitrogens is 1. The second-order valence-electron chi connectivity index (χ2n) is 4.10. The quantitative estimate of drug-likeness (QED) is 0.432. The summed E-state index contributed by atoms with van der Waals surface area (Å²) in [5.74, 6) is -0.248. The molecule has 0 saturated carbocycles. The number of aromatic nitrogens is 2. The Morgan fingerprint density at radius 2 is 1.85 bits per heavy atom. The van der Waals surface area contributed by atoms with E-state index < -0.39 is 0 Å². The number of imidazole rings is 1. The maximum Gasteiger partial charge on any atom is 0.211 e. The third kappa shape index (κ3) is 1.91. The largest absolute Gasteiger partial charge is 0.504 e. The van der Waals surface area contributed by atoms with Crippen molar-refractivity contribution in [3.05, 3.63) is 36.4 Å². The van der Waals surface area contributed by atoms with E-state index in [0.717, 1.165) is 11.6 Å². The minimum absolute atomic E-state index is 0.0118. The van der Waals surface area contributed by atoms with Crippen LogP contribution in [0, 0.1) is 0 Å². The van der Waals surface area contributed by atoms with Crippen molar-refractivity contribution in [1.82, 2.24) is 9.97 Å². The Hall–Kier alpha value is -2.77. The summed E-state index contributed by atoms with van der Waals surface area (Å²) in [4.78, 5) is 15.5. The topological polar surface area (TPSA) is 108 Å². The lowest BCUT2D eigenvalue weighted by Crippen LogP contribution is -1.92. The summed E-state index contributed by atoms with van der Waals surface area (Å²) in [5.41, 5.74) is 1.71. The van der Waals surface area contributed by atoms with Crippen molar-refractivity contribution in [1.29, 1.82) is 0 Å². The van der Waals surface area contributed by atoms with E-state index >= 15 is 0 Å². The maximum atomic E-state index is 10.0. The zero-order valence-electron chi connectivity index (χ0n) is 10.1. The van der Waals surface area contributed by atoms with Crippen LogP contribution in [0.5, 0.6) is 17.2 Å². The molecule has 3 aromatic rings. The zero-order valence-corrected chi connectivity index (χ0v) is 10.1. The van der Waals surface area contributed by atoms with E-state index in [9.17, 15) is 5.11 Å². The van der Waals surface area contributed by atoms with Crippen molar-refractivity contribution in [2.75, 3.05) is 0 Å². The number of hydrogen-bond donors (Lipinski definition) is 4. The van der Waals surface area contributed by atoms with Crippen LogP contribution in [0.1, 0.15) is 0 Å². The summed E-state index contributed by atoms with van der Waals surface area (Å²) in [6, 6.07) is 9.81. The highest BCUT2D eigenvalue weighted by molar-refractivity contribution is 5.81. The van der Waals surface area contributed by atoms with Crippen molar-refractivity contribution in [3.63, 3.8) is 0 Å². The van der Waals surface area contributed by atoms with Gasteiger partial charge in [-0.2, -0.15) is 0 Å². The predicted molar refractivity (Wildman–Crippen MR) is 69.7 cm³/mol. The number of benzene rings is 2. The van der Waals surface area contributed by atoms with Crippen LogP contribution in [0.4, 0.5) is 0 Å². The number of nitrogens with zero attached hydrogens (tertiary/aromatic N) is 1. The third-order valence-electron chi connectivity index (χ3n) is 2.90. The number of aromatic hydroxyl groups is 1. The number of rotatable bonds is 3. The lowest BCUT2D eigenvalue weighted by molar-refractivity contribution is -0.145. The van der Waals surface area contributed by atoms with Crippen molar-refractivity contribution in [2.45, 2.75) is 0 Å². The number of phenols is 1. The van der Waals surface area contributed by atoms with Gasteiger partial charge in [-0.05, 0) is 18.2 Å². The molecule has 20 heavy (non-hydrogen) atoms. The van der Waals surface area contributed by atoms with Crippen LogP contribution in [-0.4, -0.2) is 25.6 Å². The highest BCUT2D eigenvalue weighted by atomic mass is 17.1. The van der Waals surface area contributed by atoms with Gasteiger partial charge in [-0.15, -0.1) is 0 Å². The molecule has 1 heterocycles. The van der Waals surface area contributed by atoms with Crippen molar-refractivity contribution < 1.29 is 25.4 Å². The minimum atomic E-state index is -0.327. The molecule has 0 aliphatic heterocycles. The van der Waals surface area contributed by atoms with E-state index in [4.69, 9.17) is 10.5 Å². The zero-order chi connectivity index (χ0) is 14.1.